The van der Waals surface area contributed by atoms with Crippen LogP contribution in [0.15, 0.2) is 54.3 Å². The van der Waals surface area contributed by atoms with E-state index in [-0.39, 0.29) is 5.76 Å². The summed E-state index contributed by atoms with van der Waals surface area (Å²) in [4.78, 5) is 12.2. The Morgan fingerprint density at radius 2 is 2.05 bits per heavy atom. The summed E-state index contributed by atoms with van der Waals surface area (Å²) in [7, 11) is 0. The molecule has 0 fully saturated rings. The molecule has 1 aliphatic rings. The van der Waals surface area contributed by atoms with Crippen LogP contribution in [0.25, 0.3) is 6.08 Å². The molecule has 2 rings (SSSR count). The maximum absolute atomic E-state index is 12.2. The first-order chi connectivity index (χ1) is 9.95. The zero-order valence-electron chi connectivity index (χ0n) is 10.9. The van der Waals surface area contributed by atoms with Crippen LogP contribution in [0, 0.1) is 17.2 Å². The van der Waals surface area contributed by atoms with Gasteiger partial charge in [-0.1, -0.05) is 29.8 Å². The topological polar surface area (TPSA) is 81.3 Å². The molecule has 0 aromatic heterocycles. The lowest BCUT2D eigenvalue weighted by Crippen LogP contribution is -2.43. The van der Waals surface area contributed by atoms with Crippen molar-refractivity contribution < 1.29 is 15.0 Å². The normalized spacial score (nSPS) is 24.6. The molecule has 1 aromatic rings. The van der Waals surface area contributed by atoms with Gasteiger partial charge in [0.2, 0.25) is 0 Å². The molecule has 2 unspecified atom stereocenters. The molecule has 2 N–H and O–H groups in total. The predicted molar refractivity (Wildman–Crippen MR) is 79.4 cm³/mol. The van der Waals surface area contributed by atoms with Crippen LogP contribution < -0.4 is 0 Å². The number of halogens is 1. The Bertz CT molecular complexity index is 682. The van der Waals surface area contributed by atoms with Gasteiger partial charge in [-0.15, -0.1) is 0 Å². The molecular formula is C16H12ClNO3. The average molecular weight is 302 g/mol. The summed E-state index contributed by atoms with van der Waals surface area (Å²) in [6, 6.07) is 8.61. The van der Waals surface area contributed by atoms with Crippen LogP contribution in [0.2, 0.25) is 5.02 Å². The van der Waals surface area contributed by atoms with E-state index in [9.17, 15) is 15.0 Å². The fraction of sp³-hybridized carbons (Fsp3) is 0.125. The summed E-state index contributed by atoms with van der Waals surface area (Å²) in [6.07, 6.45) is 6.20. The zero-order valence-corrected chi connectivity index (χ0v) is 11.7. The Kier molecular flexibility index (Phi) is 4.27. The maximum Gasteiger partial charge on any atom is 0.192 e. The lowest BCUT2D eigenvalue weighted by molar-refractivity contribution is -0.129. The number of hydrogen-bond donors (Lipinski definition) is 2. The highest BCUT2D eigenvalue weighted by atomic mass is 35.5. The molecular weight excluding hydrogens is 290 g/mol. The quantitative estimate of drug-likeness (QED) is 0.841. The van der Waals surface area contributed by atoms with E-state index in [1.54, 1.807) is 30.3 Å². The molecule has 1 aliphatic carbocycles. The highest BCUT2D eigenvalue weighted by molar-refractivity contribution is 6.30. The minimum Gasteiger partial charge on any atom is -0.508 e. The van der Waals surface area contributed by atoms with Gasteiger partial charge in [0, 0.05) is 5.02 Å². The fourth-order valence-corrected chi connectivity index (χ4v) is 2.05. The van der Waals surface area contributed by atoms with E-state index in [2.05, 4.69) is 0 Å². The predicted octanol–water partition coefficient (Wildman–Crippen LogP) is 2.80. The largest absolute Gasteiger partial charge is 0.508 e. The molecule has 0 amide bonds. The van der Waals surface area contributed by atoms with Crippen molar-refractivity contribution in [1.29, 1.82) is 5.26 Å². The number of nitriles is 1. The maximum atomic E-state index is 12.2. The first-order valence-corrected chi connectivity index (χ1v) is 6.53. The molecule has 1 aromatic carbocycles. The molecule has 0 heterocycles. The molecule has 0 radical (unpaired) electrons. The van der Waals surface area contributed by atoms with E-state index >= 15 is 0 Å². The van der Waals surface area contributed by atoms with Crippen molar-refractivity contribution >= 4 is 23.5 Å². The summed E-state index contributed by atoms with van der Waals surface area (Å²) in [5.74, 6) is -1.92. The highest BCUT2D eigenvalue weighted by Gasteiger charge is 2.41. The fourth-order valence-electron chi connectivity index (χ4n) is 1.92. The highest BCUT2D eigenvalue weighted by Crippen LogP contribution is 2.28. The Morgan fingerprint density at radius 3 is 2.67 bits per heavy atom. The molecule has 0 saturated carbocycles. The van der Waals surface area contributed by atoms with Crippen LogP contribution in [0.3, 0.4) is 0 Å². The monoisotopic (exact) mass is 301 g/mol. The molecule has 0 saturated heterocycles. The molecule has 5 heteroatoms. The van der Waals surface area contributed by atoms with Gasteiger partial charge in [-0.25, -0.2) is 0 Å². The summed E-state index contributed by atoms with van der Waals surface area (Å²) < 4.78 is 0. The Hall–Kier alpha value is -2.35. The van der Waals surface area contributed by atoms with Crippen molar-refractivity contribution in [2.75, 3.05) is 0 Å². The number of nitrogens with zero attached hydrogens (tertiary/aromatic N) is 1. The second-order valence-electron chi connectivity index (χ2n) is 4.61. The third kappa shape index (κ3) is 3.22. The number of carbonyl (C=O) groups excluding carboxylic acids is 1. The number of hydrogen-bond acceptors (Lipinski definition) is 4. The van der Waals surface area contributed by atoms with E-state index in [0.717, 1.165) is 17.7 Å². The Morgan fingerprint density at radius 1 is 1.38 bits per heavy atom. The van der Waals surface area contributed by atoms with E-state index in [0.29, 0.717) is 5.02 Å². The van der Waals surface area contributed by atoms with Crippen molar-refractivity contribution in [3.05, 3.63) is 64.9 Å². The number of aliphatic hydroxyl groups is 2. The van der Waals surface area contributed by atoms with Gasteiger partial charge < -0.3 is 10.2 Å². The van der Waals surface area contributed by atoms with Gasteiger partial charge in [-0.3, -0.25) is 4.79 Å². The SMILES string of the molecule is N#CC1C=C(O)C=CC1(O)C(=O)C=Cc1ccc(Cl)cc1. The number of aliphatic hydroxyl groups excluding tert-OH is 1. The minimum atomic E-state index is -1.97. The van der Waals surface area contributed by atoms with E-state index < -0.39 is 17.3 Å². The summed E-state index contributed by atoms with van der Waals surface area (Å²) >= 11 is 5.76. The Balaban J connectivity index is 2.21. The molecule has 106 valence electrons. The number of rotatable bonds is 3. The van der Waals surface area contributed by atoms with Gasteiger partial charge in [0.15, 0.2) is 11.4 Å². The van der Waals surface area contributed by atoms with Gasteiger partial charge in [0.05, 0.1) is 6.07 Å². The van der Waals surface area contributed by atoms with Crippen LogP contribution in [-0.4, -0.2) is 21.6 Å². The number of carbonyl (C=O) groups is 1. The van der Waals surface area contributed by atoms with Crippen molar-refractivity contribution in [3.8, 4) is 6.07 Å². The molecule has 0 aliphatic heterocycles. The molecule has 21 heavy (non-hydrogen) atoms. The summed E-state index contributed by atoms with van der Waals surface area (Å²) in [5, 5.41) is 29.3. The van der Waals surface area contributed by atoms with Gasteiger partial charge in [0.25, 0.3) is 0 Å². The second kappa shape index (κ2) is 5.96. The average Bonchev–Trinajstić information content (AvgIpc) is 2.48. The second-order valence-corrected chi connectivity index (χ2v) is 5.04. The zero-order chi connectivity index (χ0) is 15.5. The van der Waals surface area contributed by atoms with E-state index in [1.807, 2.05) is 0 Å². The van der Waals surface area contributed by atoms with Crippen LogP contribution in [0.1, 0.15) is 5.56 Å². The van der Waals surface area contributed by atoms with Crippen LogP contribution >= 0.6 is 11.6 Å². The van der Waals surface area contributed by atoms with Crippen molar-refractivity contribution in [1.82, 2.24) is 0 Å². The van der Waals surface area contributed by atoms with Crippen LogP contribution in [-0.2, 0) is 4.79 Å². The van der Waals surface area contributed by atoms with Crippen LogP contribution in [0.4, 0.5) is 0 Å². The number of benzene rings is 1. The summed E-state index contributed by atoms with van der Waals surface area (Å²) in [6.45, 7) is 0. The lowest BCUT2D eigenvalue weighted by Gasteiger charge is -2.27. The van der Waals surface area contributed by atoms with E-state index in [1.165, 1.54) is 18.2 Å². The first-order valence-electron chi connectivity index (χ1n) is 6.16. The summed E-state index contributed by atoms with van der Waals surface area (Å²) in [5.41, 5.74) is -1.23. The molecule has 2 atom stereocenters. The third-order valence-corrected chi connectivity index (χ3v) is 3.40. The molecule has 0 spiro atoms. The standard InChI is InChI=1S/C16H12ClNO3/c17-13-4-1-11(2-5-13)3-6-15(20)16(21)8-7-14(19)9-12(16)10-18/h1-9,12,19,21H. The van der Waals surface area contributed by atoms with Gasteiger partial charge in [-0.05, 0) is 42.0 Å². The third-order valence-electron chi connectivity index (χ3n) is 3.15. The smallest absolute Gasteiger partial charge is 0.192 e. The number of allylic oxidation sites excluding steroid dienone is 1. The van der Waals surface area contributed by atoms with Gasteiger partial charge in [-0.2, -0.15) is 5.26 Å². The van der Waals surface area contributed by atoms with Crippen molar-refractivity contribution in [2.45, 2.75) is 5.60 Å². The molecule has 0 bridgehead atoms. The van der Waals surface area contributed by atoms with Crippen molar-refractivity contribution in [2.24, 2.45) is 5.92 Å². The van der Waals surface area contributed by atoms with Gasteiger partial charge in [0.1, 0.15) is 11.7 Å². The lowest BCUT2D eigenvalue weighted by atomic mass is 9.80. The van der Waals surface area contributed by atoms with Crippen molar-refractivity contribution in [3.63, 3.8) is 0 Å². The Labute approximate surface area is 126 Å². The molecule has 4 nitrogen and oxygen atoms in total. The van der Waals surface area contributed by atoms with E-state index in [4.69, 9.17) is 16.9 Å². The van der Waals surface area contributed by atoms with Gasteiger partial charge >= 0.3 is 0 Å². The minimum absolute atomic E-state index is 0.152. The first kappa shape index (κ1) is 15.0. The van der Waals surface area contributed by atoms with Crippen LogP contribution in [0.5, 0.6) is 0 Å². The number of ketones is 1.